The predicted molar refractivity (Wildman–Crippen MR) is 45.1 cm³/mol. The molecule has 0 aromatic carbocycles. The van der Waals surface area contributed by atoms with Crippen molar-refractivity contribution < 1.29 is 17.9 Å². The average molecular weight is 238 g/mol. The molecule has 84 valence electrons. The first kappa shape index (κ1) is 12.3. The van der Waals surface area contributed by atoms with Crippen molar-refractivity contribution in [2.24, 2.45) is 0 Å². The van der Waals surface area contributed by atoms with Gasteiger partial charge < -0.3 is 4.74 Å². The molecular weight excluding hydrogens is 237 g/mol. The number of halogens is 3. The van der Waals surface area contributed by atoms with Crippen LogP contribution >= 0.6 is 0 Å². The second-order valence-electron chi connectivity index (χ2n) is 2.62. The van der Waals surface area contributed by atoms with Gasteiger partial charge in [-0.25, -0.2) is 0 Å². The second-order valence-corrected chi connectivity index (χ2v) is 2.62. The van der Waals surface area contributed by atoms with Crippen LogP contribution in [0.15, 0.2) is 6.07 Å². The van der Waals surface area contributed by atoms with Crippen LogP contribution in [-0.2, 0) is 0 Å². The zero-order valence-corrected chi connectivity index (χ0v) is 7.91. The first-order valence-electron chi connectivity index (χ1n) is 3.92. The van der Waals surface area contributed by atoms with Gasteiger partial charge in [0.1, 0.15) is 23.8 Å². The van der Waals surface area contributed by atoms with Crippen molar-refractivity contribution in [3.63, 3.8) is 0 Å². The van der Waals surface area contributed by atoms with E-state index in [1.165, 1.54) is 18.2 Å². The molecule has 1 heterocycles. The molecule has 0 fully saturated rings. The summed E-state index contributed by atoms with van der Waals surface area (Å²) in [4.78, 5) is 3.17. The summed E-state index contributed by atoms with van der Waals surface area (Å²) < 4.78 is 39.3. The van der Waals surface area contributed by atoms with Crippen LogP contribution in [0.5, 0.6) is 5.88 Å². The van der Waals surface area contributed by atoms with Crippen LogP contribution in [0.25, 0.3) is 0 Å². The fourth-order valence-corrected chi connectivity index (χ4v) is 0.934. The minimum atomic E-state index is -5.03. The van der Waals surface area contributed by atoms with Gasteiger partial charge in [-0.05, 0) is 6.07 Å². The van der Waals surface area contributed by atoms with Crippen molar-refractivity contribution >= 4 is 0 Å². The lowest BCUT2D eigenvalue weighted by Gasteiger charge is -2.09. The Morgan fingerprint density at radius 3 is 2.06 bits per heavy atom. The smallest absolute Gasteiger partial charge is 0.386 e. The minimum absolute atomic E-state index is 0.293. The van der Waals surface area contributed by atoms with E-state index in [4.69, 9.17) is 15.8 Å². The fraction of sp³-hybridized carbons (Fsp3) is 0.111. The van der Waals surface area contributed by atoms with E-state index in [1.807, 2.05) is 0 Å². The van der Waals surface area contributed by atoms with Gasteiger partial charge in [0.2, 0.25) is 5.88 Å². The Morgan fingerprint density at radius 2 is 1.65 bits per heavy atom. The molecule has 0 spiro atoms. The molecule has 0 aliphatic heterocycles. The zero-order chi connectivity index (χ0) is 13.1. The highest BCUT2D eigenvalue weighted by Crippen LogP contribution is 2.25. The molecule has 1 aromatic rings. The van der Waals surface area contributed by atoms with Crippen LogP contribution in [0.2, 0.25) is 0 Å². The third kappa shape index (κ3) is 2.83. The first-order chi connectivity index (χ1) is 7.91. The molecule has 1 rings (SSSR count). The van der Waals surface area contributed by atoms with Crippen LogP contribution in [0.4, 0.5) is 13.2 Å². The van der Waals surface area contributed by atoms with Gasteiger partial charge in [-0.15, -0.1) is 13.2 Å². The summed E-state index contributed by atoms with van der Waals surface area (Å²) in [6.07, 6.45) is -5.03. The van der Waals surface area contributed by atoms with Crippen LogP contribution in [-0.4, -0.2) is 11.3 Å². The molecule has 0 bridgehead atoms. The van der Waals surface area contributed by atoms with Gasteiger partial charge in [0.05, 0.1) is 5.56 Å². The molecule has 0 aliphatic rings. The summed E-state index contributed by atoms with van der Waals surface area (Å²) in [6, 6.07) is 5.18. The maximum Gasteiger partial charge on any atom is 0.574 e. The van der Waals surface area contributed by atoms with Gasteiger partial charge in [-0.1, -0.05) is 0 Å². The van der Waals surface area contributed by atoms with Gasteiger partial charge in [-0.3, -0.25) is 0 Å². The number of ether oxygens (including phenoxy) is 1. The molecule has 5 nitrogen and oxygen atoms in total. The summed E-state index contributed by atoms with van der Waals surface area (Å²) in [6.45, 7) is 0. The number of pyridine rings is 1. The van der Waals surface area contributed by atoms with Crippen LogP contribution in [0, 0.1) is 34.0 Å². The highest BCUT2D eigenvalue weighted by Gasteiger charge is 2.33. The topological polar surface area (TPSA) is 93.5 Å². The zero-order valence-electron chi connectivity index (χ0n) is 7.91. The SMILES string of the molecule is N#Cc1cc(C#N)c(OC(F)(F)F)nc1C#N. The minimum Gasteiger partial charge on any atom is -0.386 e. The van der Waals surface area contributed by atoms with Crippen LogP contribution in [0.3, 0.4) is 0 Å². The Bertz CT molecular complexity index is 574. The summed E-state index contributed by atoms with van der Waals surface area (Å²) >= 11 is 0. The third-order valence-electron chi connectivity index (χ3n) is 1.55. The maximum absolute atomic E-state index is 12.0. The van der Waals surface area contributed by atoms with Gasteiger partial charge in [-0.2, -0.15) is 20.8 Å². The predicted octanol–water partition coefficient (Wildman–Crippen LogP) is 1.60. The monoisotopic (exact) mass is 238 g/mol. The van der Waals surface area contributed by atoms with Crippen molar-refractivity contribution in [1.82, 2.24) is 4.98 Å². The van der Waals surface area contributed by atoms with Crippen molar-refractivity contribution in [3.8, 4) is 24.1 Å². The van der Waals surface area contributed by atoms with E-state index >= 15 is 0 Å². The van der Waals surface area contributed by atoms with Crippen molar-refractivity contribution in [2.45, 2.75) is 6.36 Å². The van der Waals surface area contributed by atoms with Crippen LogP contribution in [0.1, 0.15) is 16.8 Å². The molecule has 0 aliphatic carbocycles. The van der Waals surface area contributed by atoms with Crippen molar-refractivity contribution in [1.29, 1.82) is 15.8 Å². The van der Waals surface area contributed by atoms with E-state index in [0.717, 1.165) is 6.07 Å². The molecule has 8 heteroatoms. The molecule has 0 amide bonds. The Hall–Kier alpha value is -2.79. The number of hydrogen-bond donors (Lipinski definition) is 0. The number of hydrogen-bond acceptors (Lipinski definition) is 5. The molecule has 0 saturated carbocycles. The molecule has 1 aromatic heterocycles. The quantitative estimate of drug-likeness (QED) is 0.740. The summed E-state index contributed by atoms with van der Waals surface area (Å²) in [5.41, 5.74) is -1.40. The highest BCUT2D eigenvalue weighted by atomic mass is 19.4. The average Bonchev–Trinajstić information content (AvgIpc) is 2.26. The number of nitriles is 3. The van der Waals surface area contributed by atoms with E-state index in [2.05, 4.69) is 9.72 Å². The molecule has 17 heavy (non-hydrogen) atoms. The maximum atomic E-state index is 12.0. The Labute approximate surface area is 92.9 Å². The Morgan fingerprint density at radius 1 is 1.06 bits per heavy atom. The van der Waals surface area contributed by atoms with Gasteiger partial charge >= 0.3 is 6.36 Å². The van der Waals surface area contributed by atoms with E-state index in [9.17, 15) is 13.2 Å². The van der Waals surface area contributed by atoms with Crippen molar-refractivity contribution in [3.05, 3.63) is 22.9 Å². The van der Waals surface area contributed by atoms with Gasteiger partial charge in [0.25, 0.3) is 0 Å². The lowest BCUT2D eigenvalue weighted by Crippen LogP contribution is -2.19. The summed E-state index contributed by atoms with van der Waals surface area (Å²) in [5.74, 6) is -1.05. The molecule has 0 unspecified atom stereocenters. The molecular formula is C9HF3N4O. The second kappa shape index (κ2) is 4.38. The normalized spacial score (nSPS) is 9.88. The van der Waals surface area contributed by atoms with E-state index in [0.29, 0.717) is 0 Å². The highest BCUT2D eigenvalue weighted by molar-refractivity contribution is 5.50. The standard InChI is InChI=1S/C9HF3N4O/c10-9(11,12)17-8-6(3-14)1-5(2-13)7(4-15)16-8/h1H. The number of alkyl halides is 3. The number of nitrogens with zero attached hydrogens (tertiary/aromatic N) is 4. The molecule has 0 N–H and O–H groups in total. The van der Waals surface area contributed by atoms with Crippen LogP contribution < -0.4 is 4.74 Å². The van der Waals surface area contributed by atoms with Gasteiger partial charge in [0.15, 0.2) is 5.69 Å². The molecule has 0 atom stereocenters. The Kier molecular flexibility index (Phi) is 3.16. The molecule has 0 radical (unpaired) electrons. The van der Waals surface area contributed by atoms with E-state index in [1.54, 1.807) is 0 Å². The largest absolute Gasteiger partial charge is 0.574 e. The third-order valence-corrected chi connectivity index (χ3v) is 1.55. The number of rotatable bonds is 1. The lowest BCUT2D eigenvalue weighted by molar-refractivity contribution is -0.276. The van der Waals surface area contributed by atoms with Gasteiger partial charge in [0, 0.05) is 0 Å². The van der Waals surface area contributed by atoms with E-state index < -0.39 is 23.5 Å². The van der Waals surface area contributed by atoms with E-state index in [-0.39, 0.29) is 5.56 Å². The summed E-state index contributed by atoms with van der Waals surface area (Å²) in [5, 5.41) is 25.7. The summed E-state index contributed by atoms with van der Waals surface area (Å²) in [7, 11) is 0. The van der Waals surface area contributed by atoms with Crippen molar-refractivity contribution in [2.75, 3.05) is 0 Å². The number of aromatic nitrogens is 1. The molecule has 0 saturated heterocycles. The lowest BCUT2D eigenvalue weighted by atomic mass is 10.1. The fourth-order valence-electron chi connectivity index (χ4n) is 0.934. The first-order valence-corrected chi connectivity index (χ1v) is 3.92. The Balaban J connectivity index is 3.38.